The van der Waals surface area contributed by atoms with Gasteiger partial charge in [0.25, 0.3) is 5.56 Å². The Balaban J connectivity index is 1.53. The lowest BCUT2D eigenvalue weighted by atomic mass is 10.0. The third kappa shape index (κ3) is 3.80. The average Bonchev–Trinajstić information content (AvgIpc) is 3.16. The van der Waals surface area contributed by atoms with E-state index in [2.05, 4.69) is 22.4 Å². The Kier molecular flexibility index (Phi) is 4.80. The first-order valence-corrected chi connectivity index (χ1v) is 9.43. The molecule has 4 rings (SSSR count). The predicted octanol–water partition coefficient (Wildman–Crippen LogP) is 3.69. The fourth-order valence-corrected chi connectivity index (χ4v) is 3.69. The molecule has 0 spiro atoms. The molecule has 0 atom stereocenters. The number of hydrogen-bond acceptors (Lipinski definition) is 4. The number of nitrogens with one attached hydrogen (secondary N) is 1. The van der Waals surface area contributed by atoms with Gasteiger partial charge >= 0.3 is 0 Å². The van der Waals surface area contributed by atoms with Crippen molar-refractivity contribution >= 4 is 33.1 Å². The van der Waals surface area contributed by atoms with E-state index in [1.807, 2.05) is 47.8 Å². The fourth-order valence-electron chi connectivity index (χ4n) is 2.96. The van der Waals surface area contributed by atoms with Gasteiger partial charge in [-0.15, -0.1) is 11.3 Å². The Hall–Kier alpha value is -3.25. The van der Waals surface area contributed by atoms with E-state index in [4.69, 9.17) is 0 Å². The Labute approximate surface area is 159 Å². The summed E-state index contributed by atoms with van der Waals surface area (Å²) < 4.78 is 1.34. The Morgan fingerprint density at radius 2 is 1.81 bits per heavy atom. The van der Waals surface area contributed by atoms with E-state index in [0.29, 0.717) is 10.2 Å². The zero-order valence-electron chi connectivity index (χ0n) is 14.5. The molecule has 0 unspecified atom stereocenters. The number of rotatable bonds is 5. The number of carbonyl (C=O) groups excluding carboxylic acids is 1. The summed E-state index contributed by atoms with van der Waals surface area (Å²) in [6.07, 6.45) is 2.15. The first-order chi connectivity index (χ1) is 13.2. The molecule has 0 aliphatic carbocycles. The van der Waals surface area contributed by atoms with E-state index in [1.54, 1.807) is 6.07 Å². The van der Waals surface area contributed by atoms with Crippen LogP contribution in [0.1, 0.15) is 11.1 Å². The minimum Gasteiger partial charge on any atom is -0.324 e. The van der Waals surface area contributed by atoms with E-state index in [1.165, 1.54) is 27.8 Å². The minimum atomic E-state index is -0.256. The summed E-state index contributed by atoms with van der Waals surface area (Å²) in [5, 5.41) is 5.29. The number of hydrogen-bond donors (Lipinski definition) is 1. The van der Waals surface area contributed by atoms with Crippen LogP contribution in [0.4, 0.5) is 5.69 Å². The van der Waals surface area contributed by atoms with Crippen LogP contribution in [0, 0.1) is 0 Å². The second-order valence-electron chi connectivity index (χ2n) is 6.18. The second-order valence-corrected chi connectivity index (χ2v) is 7.08. The lowest BCUT2D eigenvalue weighted by molar-refractivity contribution is -0.116. The Morgan fingerprint density at radius 1 is 1.04 bits per heavy atom. The van der Waals surface area contributed by atoms with Crippen molar-refractivity contribution in [3.05, 3.63) is 93.9 Å². The molecule has 2 heterocycles. The van der Waals surface area contributed by atoms with Gasteiger partial charge in [0.05, 0.1) is 11.7 Å². The number of anilines is 1. The van der Waals surface area contributed by atoms with Crippen LogP contribution >= 0.6 is 11.3 Å². The number of thiophene rings is 1. The lowest BCUT2D eigenvalue weighted by Gasteiger charge is -2.12. The molecular formula is C21H17N3O2S. The summed E-state index contributed by atoms with van der Waals surface area (Å²) >= 11 is 1.41. The van der Waals surface area contributed by atoms with Crippen LogP contribution in [0.25, 0.3) is 10.2 Å². The topological polar surface area (TPSA) is 64.0 Å². The van der Waals surface area contributed by atoms with Gasteiger partial charge in [0.15, 0.2) is 0 Å². The molecule has 0 aliphatic rings. The second kappa shape index (κ2) is 7.55. The van der Waals surface area contributed by atoms with Crippen molar-refractivity contribution in [2.75, 3.05) is 5.32 Å². The number of amides is 1. The van der Waals surface area contributed by atoms with Crippen LogP contribution in [0.5, 0.6) is 0 Å². The van der Waals surface area contributed by atoms with Crippen molar-refractivity contribution in [3.63, 3.8) is 0 Å². The molecule has 2 aromatic carbocycles. The van der Waals surface area contributed by atoms with Crippen molar-refractivity contribution < 1.29 is 4.79 Å². The molecule has 5 nitrogen and oxygen atoms in total. The van der Waals surface area contributed by atoms with Crippen LogP contribution in [-0.4, -0.2) is 15.5 Å². The highest BCUT2D eigenvalue weighted by Crippen LogP contribution is 2.19. The van der Waals surface area contributed by atoms with Crippen molar-refractivity contribution in [2.24, 2.45) is 0 Å². The van der Waals surface area contributed by atoms with E-state index in [-0.39, 0.29) is 18.0 Å². The molecule has 134 valence electrons. The predicted molar refractivity (Wildman–Crippen MR) is 108 cm³/mol. The molecule has 4 aromatic rings. The number of benzene rings is 2. The van der Waals surface area contributed by atoms with Gasteiger partial charge < -0.3 is 5.32 Å². The van der Waals surface area contributed by atoms with E-state index >= 15 is 0 Å². The van der Waals surface area contributed by atoms with Crippen LogP contribution in [0.3, 0.4) is 0 Å². The van der Waals surface area contributed by atoms with E-state index in [0.717, 1.165) is 17.7 Å². The first kappa shape index (κ1) is 17.2. The minimum absolute atomic E-state index is 0.0721. The molecule has 0 saturated carbocycles. The standard InChI is InChI=1S/C21H17N3O2S/c25-19(13-24-14-22-20-17(21(24)26)10-11-27-20)23-18-9-5-4-8-16(18)12-15-6-2-1-3-7-15/h1-11,14H,12-13H2,(H,23,25). The Bertz CT molecular complexity index is 1150. The number of aromatic nitrogens is 2. The molecule has 1 amide bonds. The normalized spacial score (nSPS) is 10.8. The van der Waals surface area contributed by atoms with Gasteiger partial charge in [0.1, 0.15) is 11.4 Å². The van der Waals surface area contributed by atoms with Crippen molar-refractivity contribution in [2.45, 2.75) is 13.0 Å². The van der Waals surface area contributed by atoms with Gasteiger partial charge in [-0.25, -0.2) is 4.98 Å². The summed E-state index contributed by atoms with van der Waals surface area (Å²) in [5.41, 5.74) is 2.75. The monoisotopic (exact) mass is 375 g/mol. The van der Waals surface area contributed by atoms with Crippen LogP contribution in [-0.2, 0) is 17.8 Å². The number of nitrogens with zero attached hydrogens (tertiary/aromatic N) is 2. The molecular weight excluding hydrogens is 358 g/mol. The van der Waals surface area contributed by atoms with Crippen LogP contribution in [0.15, 0.2) is 77.2 Å². The highest BCUT2D eigenvalue weighted by Gasteiger charge is 2.11. The zero-order valence-corrected chi connectivity index (χ0v) is 15.3. The molecule has 27 heavy (non-hydrogen) atoms. The number of carbonyl (C=O) groups is 1. The summed E-state index contributed by atoms with van der Waals surface area (Å²) in [4.78, 5) is 29.9. The van der Waals surface area contributed by atoms with Gasteiger partial charge in [-0.3, -0.25) is 14.2 Å². The quantitative estimate of drug-likeness (QED) is 0.579. The van der Waals surface area contributed by atoms with Gasteiger partial charge in [-0.1, -0.05) is 48.5 Å². The molecule has 0 fully saturated rings. The third-order valence-corrected chi connectivity index (χ3v) is 5.11. The molecule has 2 aromatic heterocycles. The van der Waals surface area contributed by atoms with Gasteiger partial charge in [0.2, 0.25) is 5.91 Å². The third-order valence-electron chi connectivity index (χ3n) is 4.29. The molecule has 0 aliphatic heterocycles. The van der Waals surface area contributed by atoms with Crippen LogP contribution in [0.2, 0.25) is 0 Å². The van der Waals surface area contributed by atoms with Crippen molar-refractivity contribution in [1.82, 2.24) is 9.55 Å². The summed E-state index contributed by atoms with van der Waals surface area (Å²) in [6.45, 7) is -0.0721. The molecule has 0 radical (unpaired) electrons. The zero-order chi connectivity index (χ0) is 18.6. The summed E-state index contributed by atoms with van der Waals surface area (Å²) in [7, 11) is 0. The maximum Gasteiger partial charge on any atom is 0.262 e. The number of fused-ring (bicyclic) bond motifs is 1. The SMILES string of the molecule is O=C(Cn1cnc2sccc2c1=O)Nc1ccccc1Cc1ccccc1. The Morgan fingerprint density at radius 3 is 2.67 bits per heavy atom. The maximum atomic E-state index is 12.5. The summed E-state index contributed by atoms with van der Waals surface area (Å²) in [5.74, 6) is -0.256. The molecule has 0 saturated heterocycles. The van der Waals surface area contributed by atoms with Gasteiger partial charge in [0, 0.05) is 5.69 Å². The number of para-hydroxylation sites is 1. The summed E-state index contributed by atoms with van der Waals surface area (Å²) in [6, 6.07) is 19.5. The van der Waals surface area contributed by atoms with Crippen molar-refractivity contribution in [1.29, 1.82) is 0 Å². The average molecular weight is 375 g/mol. The highest BCUT2D eigenvalue weighted by atomic mass is 32.1. The van der Waals surface area contributed by atoms with Gasteiger partial charge in [-0.05, 0) is 35.1 Å². The fraction of sp³-hybridized carbons (Fsp3) is 0.0952. The smallest absolute Gasteiger partial charge is 0.262 e. The van der Waals surface area contributed by atoms with E-state index in [9.17, 15) is 9.59 Å². The first-order valence-electron chi connectivity index (χ1n) is 8.55. The molecule has 1 N–H and O–H groups in total. The lowest BCUT2D eigenvalue weighted by Crippen LogP contribution is -2.27. The van der Waals surface area contributed by atoms with Crippen molar-refractivity contribution in [3.8, 4) is 0 Å². The highest BCUT2D eigenvalue weighted by molar-refractivity contribution is 7.16. The molecule has 6 heteroatoms. The van der Waals surface area contributed by atoms with Crippen LogP contribution < -0.4 is 10.9 Å². The largest absolute Gasteiger partial charge is 0.324 e. The molecule has 0 bridgehead atoms. The van der Waals surface area contributed by atoms with Gasteiger partial charge in [-0.2, -0.15) is 0 Å². The maximum absolute atomic E-state index is 12.5. The van der Waals surface area contributed by atoms with E-state index < -0.39 is 0 Å².